The summed E-state index contributed by atoms with van der Waals surface area (Å²) in [6.45, 7) is 5.30. The van der Waals surface area contributed by atoms with Crippen LogP contribution in [0, 0.1) is 5.82 Å². The van der Waals surface area contributed by atoms with Gasteiger partial charge in [-0.25, -0.2) is 4.39 Å². The molecule has 1 heterocycles. The summed E-state index contributed by atoms with van der Waals surface area (Å²) in [6, 6.07) is 4.38. The molecule has 1 aromatic carbocycles. The first-order valence-corrected chi connectivity index (χ1v) is 6.99. The van der Waals surface area contributed by atoms with Crippen LogP contribution in [0.1, 0.15) is 25.8 Å². The zero-order valence-corrected chi connectivity index (χ0v) is 11.9. The smallest absolute Gasteiger partial charge is 0.320 e. The lowest BCUT2D eigenvalue weighted by atomic mass is 10.1. The molecular formula is C15H21FN2O2. The molecule has 0 fully saturated rings. The van der Waals surface area contributed by atoms with Crippen LogP contribution in [0.2, 0.25) is 0 Å². The van der Waals surface area contributed by atoms with Gasteiger partial charge in [0.25, 0.3) is 0 Å². The van der Waals surface area contributed by atoms with Gasteiger partial charge in [0.05, 0.1) is 0 Å². The summed E-state index contributed by atoms with van der Waals surface area (Å²) < 4.78 is 13.3. The molecule has 0 radical (unpaired) electrons. The third-order valence-electron chi connectivity index (χ3n) is 3.56. The van der Waals surface area contributed by atoms with Gasteiger partial charge in [-0.3, -0.25) is 4.79 Å². The Kier molecular flexibility index (Phi) is 4.60. The lowest BCUT2D eigenvalue weighted by Gasteiger charge is -2.23. The maximum Gasteiger partial charge on any atom is 0.320 e. The molecule has 1 unspecified atom stereocenters. The molecule has 2 rings (SSSR count). The Morgan fingerprint density at radius 3 is 2.90 bits per heavy atom. The van der Waals surface area contributed by atoms with Crippen LogP contribution in [0.25, 0.3) is 0 Å². The number of hydrogen-bond donors (Lipinski definition) is 2. The molecule has 110 valence electrons. The third kappa shape index (κ3) is 3.48. The Balaban J connectivity index is 1.98. The van der Waals surface area contributed by atoms with Crippen molar-refractivity contribution in [2.75, 3.05) is 18.0 Å². The number of carbonyl (C=O) groups is 1. The summed E-state index contributed by atoms with van der Waals surface area (Å²) in [5.41, 5.74) is 2.04. The van der Waals surface area contributed by atoms with Gasteiger partial charge < -0.3 is 15.3 Å². The van der Waals surface area contributed by atoms with E-state index in [4.69, 9.17) is 0 Å². The number of hydrogen-bond acceptors (Lipinski definition) is 3. The fourth-order valence-electron chi connectivity index (χ4n) is 2.62. The number of benzene rings is 1. The number of nitrogens with one attached hydrogen (secondary N) is 1. The van der Waals surface area contributed by atoms with Gasteiger partial charge in [0.15, 0.2) is 0 Å². The molecular weight excluding hydrogens is 259 g/mol. The molecule has 0 saturated heterocycles. The van der Waals surface area contributed by atoms with E-state index in [2.05, 4.69) is 10.2 Å². The summed E-state index contributed by atoms with van der Waals surface area (Å²) in [6.07, 6.45) is 1.40. The Morgan fingerprint density at radius 1 is 1.50 bits per heavy atom. The molecule has 0 aromatic heterocycles. The van der Waals surface area contributed by atoms with Gasteiger partial charge in [-0.2, -0.15) is 0 Å². The number of aliphatic carboxylic acids is 1. The maximum atomic E-state index is 13.3. The van der Waals surface area contributed by atoms with E-state index in [1.807, 2.05) is 19.9 Å². The highest BCUT2D eigenvalue weighted by Crippen LogP contribution is 2.28. The van der Waals surface area contributed by atoms with E-state index in [0.29, 0.717) is 13.0 Å². The standard InChI is InChI=1S/C15H21FN2O2/c1-10(2)17-13(15(19)20)6-8-18-7-5-11-3-4-12(16)9-14(11)18/h3-4,9-10,13,17H,5-8H2,1-2H3,(H,19,20). The quantitative estimate of drug-likeness (QED) is 0.837. The predicted molar refractivity (Wildman–Crippen MR) is 76.6 cm³/mol. The predicted octanol–water partition coefficient (Wildman–Crippen LogP) is 2.03. The molecule has 4 nitrogen and oxygen atoms in total. The fraction of sp³-hybridized carbons (Fsp3) is 0.533. The van der Waals surface area contributed by atoms with Crippen LogP contribution in [0.15, 0.2) is 18.2 Å². The van der Waals surface area contributed by atoms with Gasteiger partial charge >= 0.3 is 5.97 Å². The van der Waals surface area contributed by atoms with Crippen molar-refractivity contribution in [3.8, 4) is 0 Å². The van der Waals surface area contributed by atoms with E-state index in [9.17, 15) is 14.3 Å². The molecule has 0 bridgehead atoms. The van der Waals surface area contributed by atoms with Crippen LogP contribution in [0.3, 0.4) is 0 Å². The van der Waals surface area contributed by atoms with Crippen molar-refractivity contribution in [3.63, 3.8) is 0 Å². The van der Waals surface area contributed by atoms with Crippen molar-refractivity contribution in [1.82, 2.24) is 5.32 Å². The summed E-state index contributed by atoms with van der Waals surface area (Å²) in [5.74, 6) is -1.08. The van der Waals surface area contributed by atoms with E-state index in [-0.39, 0.29) is 11.9 Å². The number of halogens is 1. The Hall–Kier alpha value is -1.62. The van der Waals surface area contributed by atoms with Crippen molar-refractivity contribution < 1.29 is 14.3 Å². The monoisotopic (exact) mass is 280 g/mol. The first-order valence-electron chi connectivity index (χ1n) is 6.99. The highest BCUT2D eigenvalue weighted by atomic mass is 19.1. The average Bonchev–Trinajstić information content (AvgIpc) is 2.76. The molecule has 0 spiro atoms. The van der Waals surface area contributed by atoms with Gasteiger partial charge in [-0.15, -0.1) is 0 Å². The third-order valence-corrected chi connectivity index (χ3v) is 3.56. The van der Waals surface area contributed by atoms with Crippen molar-refractivity contribution >= 4 is 11.7 Å². The summed E-state index contributed by atoms with van der Waals surface area (Å²) >= 11 is 0. The van der Waals surface area contributed by atoms with Crippen LogP contribution in [0.4, 0.5) is 10.1 Å². The number of carboxylic acids is 1. The second kappa shape index (κ2) is 6.22. The van der Waals surface area contributed by atoms with Gasteiger partial charge in [0, 0.05) is 24.8 Å². The van der Waals surface area contributed by atoms with Gasteiger partial charge in [-0.05, 0) is 30.5 Å². The number of fused-ring (bicyclic) bond motifs is 1. The largest absolute Gasteiger partial charge is 0.480 e. The Labute approximate surface area is 118 Å². The molecule has 0 aliphatic carbocycles. The van der Waals surface area contributed by atoms with Crippen molar-refractivity contribution in [2.24, 2.45) is 0 Å². The Bertz CT molecular complexity index is 491. The fourth-order valence-corrected chi connectivity index (χ4v) is 2.62. The lowest BCUT2D eigenvalue weighted by molar-refractivity contribution is -0.139. The van der Waals surface area contributed by atoms with Crippen LogP contribution >= 0.6 is 0 Å². The van der Waals surface area contributed by atoms with Gasteiger partial charge in [0.2, 0.25) is 0 Å². The lowest BCUT2D eigenvalue weighted by Crippen LogP contribution is -2.43. The van der Waals surface area contributed by atoms with Crippen LogP contribution in [-0.2, 0) is 11.2 Å². The second-order valence-electron chi connectivity index (χ2n) is 5.51. The average molecular weight is 280 g/mol. The second-order valence-corrected chi connectivity index (χ2v) is 5.51. The van der Waals surface area contributed by atoms with Gasteiger partial charge in [-0.1, -0.05) is 19.9 Å². The Morgan fingerprint density at radius 2 is 2.25 bits per heavy atom. The minimum Gasteiger partial charge on any atom is -0.480 e. The maximum absolute atomic E-state index is 13.3. The van der Waals surface area contributed by atoms with E-state index < -0.39 is 12.0 Å². The van der Waals surface area contributed by atoms with Crippen LogP contribution in [-0.4, -0.2) is 36.2 Å². The topological polar surface area (TPSA) is 52.6 Å². The summed E-state index contributed by atoms with van der Waals surface area (Å²) in [5, 5.41) is 12.2. The minimum absolute atomic E-state index is 0.124. The van der Waals surface area contributed by atoms with Gasteiger partial charge in [0.1, 0.15) is 11.9 Å². The molecule has 2 N–H and O–H groups in total. The van der Waals surface area contributed by atoms with E-state index in [1.165, 1.54) is 12.1 Å². The molecule has 20 heavy (non-hydrogen) atoms. The molecule has 1 aromatic rings. The molecule has 0 saturated carbocycles. The molecule has 1 aliphatic rings. The molecule has 1 atom stereocenters. The van der Waals surface area contributed by atoms with E-state index in [1.54, 1.807) is 0 Å². The normalized spacial score (nSPS) is 15.5. The first kappa shape index (κ1) is 14.8. The SMILES string of the molecule is CC(C)NC(CCN1CCc2ccc(F)cc21)C(=O)O. The summed E-state index contributed by atoms with van der Waals surface area (Å²) in [7, 11) is 0. The number of carboxylic acid groups (broad SMARTS) is 1. The van der Waals surface area contributed by atoms with Crippen molar-refractivity contribution in [3.05, 3.63) is 29.6 Å². The highest BCUT2D eigenvalue weighted by Gasteiger charge is 2.23. The molecule has 5 heteroatoms. The zero-order chi connectivity index (χ0) is 14.7. The summed E-state index contributed by atoms with van der Waals surface area (Å²) in [4.78, 5) is 13.3. The van der Waals surface area contributed by atoms with Crippen molar-refractivity contribution in [2.45, 2.75) is 38.8 Å². The first-order chi connectivity index (χ1) is 9.47. The van der Waals surface area contributed by atoms with Crippen LogP contribution < -0.4 is 10.2 Å². The zero-order valence-electron chi connectivity index (χ0n) is 11.9. The van der Waals surface area contributed by atoms with E-state index >= 15 is 0 Å². The highest BCUT2D eigenvalue weighted by molar-refractivity contribution is 5.73. The van der Waals surface area contributed by atoms with E-state index in [0.717, 1.165) is 24.2 Å². The minimum atomic E-state index is -0.836. The number of nitrogens with zero attached hydrogens (tertiary/aromatic N) is 1. The van der Waals surface area contributed by atoms with Crippen LogP contribution in [0.5, 0.6) is 0 Å². The number of rotatable bonds is 6. The van der Waals surface area contributed by atoms with Crippen molar-refractivity contribution in [1.29, 1.82) is 0 Å². The molecule has 0 amide bonds. The molecule has 1 aliphatic heterocycles. The number of anilines is 1.